The van der Waals surface area contributed by atoms with Gasteiger partial charge in [-0.25, -0.2) is 0 Å². The minimum Gasteiger partial charge on any atom is -0.313 e. The minimum atomic E-state index is 0.673. The van der Waals surface area contributed by atoms with Crippen LogP contribution in [0, 0.1) is 0 Å². The Morgan fingerprint density at radius 3 is 2.29 bits per heavy atom. The highest BCUT2D eigenvalue weighted by Crippen LogP contribution is 1.99. The summed E-state index contributed by atoms with van der Waals surface area (Å²) in [5.41, 5.74) is 0. The third-order valence-corrected chi connectivity index (χ3v) is 2.54. The van der Waals surface area contributed by atoms with Crippen molar-refractivity contribution in [1.82, 2.24) is 10.2 Å². The van der Waals surface area contributed by atoms with Crippen LogP contribution in [0.3, 0.4) is 0 Å². The fourth-order valence-electron chi connectivity index (χ4n) is 1.64. The number of unbranched alkanes of at least 4 members (excludes halogenated alkanes) is 3. The smallest absolute Gasteiger partial charge is 0.0192 e. The van der Waals surface area contributed by atoms with Gasteiger partial charge in [0.2, 0.25) is 0 Å². The van der Waals surface area contributed by atoms with Crippen molar-refractivity contribution in [1.29, 1.82) is 0 Å². The van der Waals surface area contributed by atoms with Crippen molar-refractivity contribution in [3.63, 3.8) is 0 Å². The van der Waals surface area contributed by atoms with Crippen LogP contribution >= 0.6 is 0 Å². The zero-order valence-corrected chi connectivity index (χ0v) is 10.5. The van der Waals surface area contributed by atoms with Crippen molar-refractivity contribution in [3.8, 4) is 0 Å². The second kappa shape index (κ2) is 9.47. The lowest BCUT2D eigenvalue weighted by molar-refractivity contribution is 0.330. The Morgan fingerprint density at radius 2 is 1.79 bits per heavy atom. The lowest BCUT2D eigenvalue weighted by Gasteiger charge is -2.20. The Balaban J connectivity index is 3.33. The highest BCUT2D eigenvalue weighted by atomic mass is 15.1. The molecule has 0 saturated carbocycles. The fraction of sp³-hybridized carbons (Fsp3) is 1.00. The molecule has 1 atom stereocenters. The molecule has 2 nitrogen and oxygen atoms in total. The molecule has 0 spiro atoms. The average molecular weight is 200 g/mol. The summed E-state index contributed by atoms with van der Waals surface area (Å²) >= 11 is 0. The van der Waals surface area contributed by atoms with E-state index in [0.717, 1.165) is 6.54 Å². The van der Waals surface area contributed by atoms with Gasteiger partial charge in [-0.2, -0.15) is 0 Å². The molecular formula is C12H28N2. The summed E-state index contributed by atoms with van der Waals surface area (Å²) in [6, 6.07) is 0.673. The van der Waals surface area contributed by atoms with E-state index in [1.165, 1.54) is 38.6 Å². The van der Waals surface area contributed by atoms with Crippen LogP contribution in [0.25, 0.3) is 0 Å². The summed E-state index contributed by atoms with van der Waals surface area (Å²) in [7, 11) is 4.28. The largest absolute Gasteiger partial charge is 0.313 e. The van der Waals surface area contributed by atoms with Crippen LogP contribution in [0.2, 0.25) is 0 Å². The summed E-state index contributed by atoms with van der Waals surface area (Å²) in [5.74, 6) is 0. The van der Waals surface area contributed by atoms with E-state index >= 15 is 0 Å². The number of hydrogen-bond acceptors (Lipinski definition) is 2. The molecule has 0 radical (unpaired) electrons. The highest BCUT2D eigenvalue weighted by Gasteiger charge is 2.05. The molecular weight excluding hydrogens is 172 g/mol. The van der Waals surface area contributed by atoms with Gasteiger partial charge in [-0.3, -0.25) is 0 Å². The molecule has 0 aliphatic heterocycles. The van der Waals surface area contributed by atoms with E-state index in [9.17, 15) is 0 Å². The van der Waals surface area contributed by atoms with Gasteiger partial charge in [0.15, 0.2) is 0 Å². The van der Waals surface area contributed by atoms with E-state index < -0.39 is 0 Å². The van der Waals surface area contributed by atoms with E-state index in [4.69, 9.17) is 0 Å². The first-order valence-corrected chi connectivity index (χ1v) is 6.08. The summed E-state index contributed by atoms with van der Waals surface area (Å²) < 4.78 is 0. The minimum absolute atomic E-state index is 0.673. The van der Waals surface area contributed by atoms with Crippen LogP contribution in [0.1, 0.15) is 46.0 Å². The molecule has 0 aliphatic carbocycles. The molecule has 2 heteroatoms. The van der Waals surface area contributed by atoms with Gasteiger partial charge in [-0.05, 0) is 33.5 Å². The van der Waals surface area contributed by atoms with Crippen LogP contribution in [-0.2, 0) is 0 Å². The molecule has 0 aromatic heterocycles. The molecule has 0 aromatic carbocycles. The first kappa shape index (κ1) is 13.9. The zero-order valence-electron chi connectivity index (χ0n) is 10.5. The van der Waals surface area contributed by atoms with E-state index in [1.54, 1.807) is 0 Å². The maximum Gasteiger partial charge on any atom is 0.0192 e. The number of nitrogens with zero attached hydrogens (tertiary/aromatic N) is 1. The molecule has 0 saturated heterocycles. The quantitative estimate of drug-likeness (QED) is 0.575. The third kappa shape index (κ3) is 8.52. The molecule has 0 rings (SSSR count). The molecule has 0 fully saturated rings. The fourth-order valence-corrected chi connectivity index (χ4v) is 1.64. The van der Waals surface area contributed by atoms with Crippen molar-refractivity contribution in [2.45, 2.75) is 52.0 Å². The van der Waals surface area contributed by atoms with Crippen LogP contribution in [0.15, 0.2) is 0 Å². The molecule has 0 aromatic rings. The van der Waals surface area contributed by atoms with Crippen LogP contribution < -0.4 is 5.32 Å². The monoisotopic (exact) mass is 200 g/mol. The summed E-state index contributed by atoms with van der Waals surface area (Å²) in [6.07, 6.45) is 6.65. The van der Waals surface area contributed by atoms with Gasteiger partial charge in [0, 0.05) is 12.6 Å². The second-order valence-corrected chi connectivity index (χ2v) is 4.38. The molecule has 14 heavy (non-hydrogen) atoms. The number of rotatable bonds is 9. The van der Waals surface area contributed by atoms with Crippen molar-refractivity contribution >= 4 is 0 Å². The van der Waals surface area contributed by atoms with Crippen molar-refractivity contribution < 1.29 is 0 Å². The molecule has 0 heterocycles. The van der Waals surface area contributed by atoms with Gasteiger partial charge in [-0.1, -0.05) is 33.1 Å². The van der Waals surface area contributed by atoms with Gasteiger partial charge in [0.1, 0.15) is 0 Å². The van der Waals surface area contributed by atoms with E-state index in [1.807, 2.05) is 0 Å². The standard InChI is InChI=1S/C12H28N2/c1-5-7-8-9-10-13-12(6-2)11-14(3)4/h12-13H,5-11H2,1-4H3. The predicted molar refractivity (Wildman–Crippen MR) is 64.8 cm³/mol. The molecule has 0 aliphatic rings. The zero-order chi connectivity index (χ0) is 10.8. The van der Waals surface area contributed by atoms with Gasteiger partial charge in [-0.15, -0.1) is 0 Å². The Labute approximate surface area is 90.1 Å². The van der Waals surface area contributed by atoms with Crippen molar-refractivity contribution in [2.24, 2.45) is 0 Å². The van der Waals surface area contributed by atoms with E-state index in [0.29, 0.717) is 6.04 Å². The van der Waals surface area contributed by atoms with Gasteiger partial charge in [0.05, 0.1) is 0 Å². The van der Waals surface area contributed by atoms with Gasteiger partial charge >= 0.3 is 0 Å². The first-order chi connectivity index (χ1) is 6.70. The van der Waals surface area contributed by atoms with E-state index in [2.05, 4.69) is 38.2 Å². The van der Waals surface area contributed by atoms with Crippen LogP contribution in [0.4, 0.5) is 0 Å². The number of likely N-dealkylation sites (N-methyl/N-ethyl adjacent to an activating group) is 1. The van der Waals surface area contributed by atoms with Crippen LogP contribution in [0.5, 0.6) is 0 Å². The summed E-state index contributed by atoms with van der Waals surface area (Å²) in [6.45, 7) is 6.86. The third-order valence-electron chi connectivity index (χ3n) is 2.54. The SMILES string of the molecule is CCCCCCNC(CC)CN(C)C. The topological polar surface area (TPSA) is 15.3 Å². The summed E-state index contributed by atoms with van der Waals surface area (Å²) in [4.78, 5) is 2.26. The maximum atomic E-state index is 3.62. The molecule has 0 bridgehead atoms. The molecule has 86 valence electrons. The van der Waals surface area contributed by atoms with Crippen LogP contribution in [-0.4, -0.2) is 38.1 Å². The number of nitrogens with one attached hydrogen (secondary N) is 1. The lowest BCUT2D eigenvalue weighted by Crippen LogP contribution is -2.38. The normalized spacial score (nSPS) is 13.5. The Hall–Kier alpha value is -0.0800. The van der Waals surface area contributed by atoms with Gasteiger partial charge in [0.25, 0.3) is 0 Å². The maximum absolute atomic E-state index is 3.62. The van der Waals surface area contributed by atoms with E-state index in [-0.39, 0.29) is 0 Å². The molecule has 1 unspecified atom stereocenters. The van der Waals surface area contributed by atoms with Crippen molar-refractivity contribution in [3.05, 3.63) is 0 Å². The lowest BCUT2D eigenvalue weighted by atomic mass is 10.2. The molecule has 0 amide bonds. The van der Waals surface area contributed by atoms with Crippen molar-refractivity contribution in [2.75, 3.05) is 27.2 Å². The first-order valence-electron chi connectivity index (χ1n) is 6.08. The highest BCUT2D eigenvalue weighted by molar-refractivity contribution is 4.67. The molecule has 1 N–H and O–H groups in total. The Morgan fingerprint density at radius 1 is 1.07 bits per heavy atom. The Bertz CT molecular complexity index is 113. The summed E-state index contributed by atoms with van der Waals surface area (Å²) in [5, 5.41) is 3.62. The Kier molecular flexibility index (Phi) is 9.42. The van der Waals surface area contributed by atoms with Gasteiger partial charge < -0.3 is 10.2 Å². The predicted octanol–water partition coefficient (Wildman–Crippen LogP) is 2.50. The average Bonchev–Trinajstić information content (AvgIpc) is 2.15. The number of hydrogen-bond donors (Lipinski definition) is 1. The second-order valence-electron chi connectivity index (χ2n) is 4.38.